The van der Waals surface area contributed by atoms with E-state index in [2.05, 4.69) is 5.32 Å². The van der Waals surface area contributed by atoms with Crippen LogP contribution in [0.5, 0.6) is 5.75 Å². The fourth-order valence-electron chi connectivity index (χ4n) is 3.34. The first kappa shape index (κ1) is 22.6. The molecular weight excluding hydrogens is 426 g/mol. The van der Waals surface area contributed by atoms with Crippen LogP contribution in [0.25, 0.3) is 0 Å². The summed E-state index contributed by atoms with van der Waals surface area (Å²) >= 11 is 6.06. The number of hydrogen-bond donors (Lipinski definition) is 1. The van der Waals surface area contributed by atoms with Crippen LogP contribution in [0, 0.1) is 0 Å². The normalized spacial score (nSPS) is 14.7. The lowest BCUT2D eigenvalue weighted by Crippen LogP contribution is -2.50. The summed E-state index contributed by atoms with van der Waals surface area (Å²) in [6.45, 7) is 2.46. The molecule has 9 heteroatoms. The highest BCUT2D eigenvalue weighted by molar-refractivity contribution is 7.89. The van der Waals surface area contributed by atoms with Gasteiger partial charge in [-0.05, 0) is 30.2 Å². The van der Waals surface area contributed by atoms with E-state index in [1.165, 1.54) is 23.5 Å². The van der Waals surface area contributed by atoms with Crippen LogP contribution in [-0.4, -0.2) is 69.9 Å². The highest BCUT2D eigenvalue weighted by atomic mass is 35.5. The van der Waals surface area contributed by atoms with Crippen LogP contribution in [0.15, 0.2) is 53.4 Å². The maximum absolute atomic E-state index is 13.5. The highest BCUT2D eigenvalue weighted by Gasteiger charge is 2.31. The largest absolute Gasteiger partial charge is 0.495 e. The zero-order chi connectivity index (χ0) is 21.6. The van der Waals surface area contributed by atoms with Gasteiger partial charge in [0, 0.05) is 37.7 Å². The van der Waals surface area contributed by atoms with Crippen LogP contribution >= 0.6 is 11.6 Å². The summed E-state index contributed by atoms with van der Waals surface area (Å²) in [5.41, 5.74) is 0.991. The molecule has 1 saturated heterocycles. The molecular formula is C21H26ClN3O4S. The molecule has 7 nitrogen and oxygen atoms in total. The minimum Gasteiger partial charge on any atom is -0.495 e. The molecule has 2 aromatic carbocycles. The number of nitrogens with zero attached hydrogens (tertiary/aromatic N) is 2. The van der Waals surface area contributed by atoms with Gasteiger partial charge in [0.05, 0.1) is 13.7 Å². The fourth-order valence-corrected chi connectivity index (χ4v) is 5.15. The third-order valence-electron chi connectivity index (χ3n) is 5.02. The molecule has 0 radical (unpaired) electrons. The Bertz CT molecular complexity index is 963. The van der Waals surface area contributed by atoms with E-state index >= 15 is 0 Å². The summed E-state index contributed by atoms with van der Waals surface area (Å²) in [5.74, 6) is -0.0205. The molecule has 2 aromatic rings. The van der Waals surface area contributed by atoms with Gasteiger partial charge in [0.1, 0.15) is 10.6 Å². The Hall–Kier alpha value is -2.13. The van der Waals surface area contributed by atoms with Crippen LogP contribution in [0.3, 0.4) is 0 Å². The molecule has 0 unspecified atom stereocenters. The molecule has 0 aliphatic carbocycles. The van der Waals surface area contributed by atoms with Crippen molar-refractivity contribution in [1.82, 2.24) is 14.5 Å². The summed E-state index contributed by atoms with van der Waals surface area (Å²) < 4.78 is 33.5. The number of carbonyl (C=O) groups is 1. The van der Waals surface area contributed by atoms with Gasteiger partial charge in [-0.2, -0.15) is 4.31 Å². The van der Waals surface area contributed by atoms with Gasteiger partial charge in [-0.1, -0.05) is 41.9 Å². The molecule has 162 valence electrons. The van der Waals surface area contributed by atoms with E-state index in [0.717, 1.165) is 5.56 Å². The second kappa shape index (κ2) is 10.3. The molecule has 1 aliphatic rings. The molecule has 0 atom stereocenters. The lowest BCUT2D eigenvalue weighted by molar-refractivity contribution is -0.131. The Labute approximate surface area is 182 Å². The molecule has 1 N–H and O–H groups in total. The maximum atomic E-state index is 13.5. The van der Waals surface area contributed by atoms with E-state index in [4.69, 9.17) is 16.3 Å². The van der Waals surface area contributed by atoms with Crippen LogP contribution in [0.1, 0.15) is 5.56 Å². The van der Waals surface area contributed by atoms with E-state index in [1.54, 1.807) is 11.0 Å². The van der Waals surface area contributed by atoms with Crippen LogP contribution in [0.2, 0.25) is 5.02 Å². The van der Waals surface area contributed by atoms with Gasteiger partial charge >= 0.3 is 0 Å². The molecule has 1 fully saturated rings. The first-order chi connectivity index (χ1) is 14.4. The Morgan fingerprint density at radius 2 is 1.87 bits per heavy atom. The number of sulfonamides is 1. The number of amides is 1. The summed E-state index contributed by atoms with van der Waals surface area (Å²) in [7, 11) is -2.60. The summed E-state index contributed by atoms with van der Waals surface area (Å²) in [5, 5.41) is 3.47. The zero-order valence-corrected chi connectivity index (χ0v) is 18.5. The highest BCUT2D eigenvalue weighted by Crippen LogP contribution is 2.30. The Balaban J connectivity index is 1.88. The first-order valence-electron chi connectivity index (χ1n) is 9.78. The van der Waals surface area contributed by atoms with Crippen molar-refractivity contribution < 1.29 is 17.9 Å². The Kier molecular flexibility index (Phi) is 7.71. The lowest BCUT2D eigenvalue weighted by atomic mass is 10.1. The molecule has 0 saturated carbocycles. The van der Waals surface area contributed by atoms with Gasteiger partial charge in [-0.15, -0.1) is 0 Å². The third-order valence-corrected chi connectivity index (χ3v) is 7.12. The standard InChI is InChI=1S/C21H26ClN3O4S/c1-29-19-8-7-18(22)15-20(19)30(27,28)25(12-9-17-5-3-2-4-6-17)16-21(26)24-13-10-23-11-14-24/h2-8,15,23H,9-14,16H2,1H3. The minimum absolute atomic E-state index is 0.0429. The van der Waals surface area contributed by atoms with Crippen molar-refractivity contribution in [2.24, 2.45) is 0 Å². The molecule has 3 rings (SSSR count). The zero-order valence-electron chi connectivity index (χ0n) is 16.9. The predicted octanol–water partition coefficient (Wildman–Crippen LogP) is 2.01. The minimum atomic E-state index is -4.01. The summed E-state index contributed by atoms with van der Waals surface area (Å²) in [6, 6.07) is 14.0. The van der Waals surface area contributed by atoms with Crippen molar-refractivity contribution in [3.63, 3.8) is 0 Å². The molecule has 0 aromatic heterocycles. The quantitative estimate of drug-likeness (QED) is 0.664. The lowest BCUT2D eigenvalue weighted by Gasteiger charge is -2.30. The van der Waals surface area contributed by atoms with Crippen molar-refractivity contribution >= 4 is 27.5 Å². The first-order valence-corrected chi connectivity index (χ1v) is 11.6. The number of rotatable bonds is 8. The number of methoxy groups -OCH3 is 1. The van der Waals surface area contributed by atoms with Gasteiger partial charge < -0.3 is 15.0 Å². The smallest absolute Gasteiger partial charge is 0.247 e. The van der Waals surface area contributed by atoms with Gasteiger partial charge in [-0.3, -0.25) is 4.79 Å². The molecule has 1 aliphatic heterocycles. The Morgan fingerprint density at radius 3 is 2.53 bits per heavy atom. The number of ether oxygens (including phenoxy) is 1. The maximum Gasteiger partial charge on any atom is 0.247 e. The van der Waals surface area contributed by atoms with E-state index in [1.807, 2.05) is 30.3 Å². The van der Waals surface area contributed by atoms with Crippen molar-refractivity contribution in [2.45, 2.75) is 11.3 Å². The van der Waals surface area contributed by atoms with Crippen molar-refractivity contribution in [3.05, 3.63) is 59.1 Å². The monoisotopic (exact) mass is 451 g/mol. The third kappa shape index (κ3) is 5.51. The van der Waals surface area contributed by atoms with Crippen LogP contribution in [0.4, 0.5) is 0 Å². The topological polar surface area (TPSA) is 79.0 Å². The second-order valence-corrected chi connectivity index (χ2v) is 9.34. The number of halogens is 1. The number of benzene rings is 2. The van der Waals surface area contributed by atoms with Crippen molar-refractivity contribution in [3.8, 4) is 5.75 Å². The number of carbonyl (C=O) groups excluding carboxylic acids is 1. The van der Waals surface area contributed by atoms with Crippen LogP contribution < -0.4 is 10.1 Å². The fraction of sp³-hybridized carbons (Fsp3) is 0.381. The molecule has 1 heterocycles. The molecule has 30 heavy (non-hydrogen) atoms. The van der Waals surface area contributed by atoms with E-state index in [-0.39, 0.29) is 34.7 Å². The van der Waals surface area contributed by atoms with E-state index in [9.17, 15) is 13.2 Å². The number of hydrogen-bond acceptors (Lipinski definition) is 5. The average molecular weight is 452 g/mol. The van der Waals surface area contributed by atoms with E-state index in [0.29, 0.717) is 32.6 Å². The SMILES string of the molecule is COc1ccc(Cl)cc1S(=O)(=O)N(CCc1ccccc1)CC(=O)N1CCNCC1. The van der Waals surface area contributed by atoms with Gasteiger partial charge in [-0.25, -0.2) is 8.42 Å². The van der Waals surface area contributed by atoms with E-state index < -0.39 is 10.0 Å². The van der Waals surface area contributed by atoms with Crippen molar-refractivity contribution in [1.29, 1.82) is 0 Å². The molecule has 1 amide bonds. The van der Waals surface area contributed by atoms with Gasteiger partial charge in [0.2, 0.25) is 15.9 Å². The molecule has 0 spiro atoms. The second-order valence-electron chi connectivity index (χ2n) is 7.00. The average Bonchev–Trinajstić information content (AvgIpc) is 2.77. The predicted molar refractivity (Wildman–Crippen MR) is 116 cm³/mol. The van der Waals surface area contributed by atoms with Gasteiger partial charge in [0.15, 0.2) is 0 Å². The van der Waals surface area contributed by atoms with Crippen LogP contribution in [-0.2, 0) is 21.2 Å². The Morgan fingerprint density at radius 1 is 1.17 bits per heavy atom. The summed E-state index contributed by atoms with van der Waals surface area (Å²) in [6.07, 6.45) is 0.484. The van der Waals surface area contributed by atoms with Gasteiger partial charge in [0.25, 0.3) is 0 Å². The van der Waals surface area contributed by atoms with Crippen molar-refractivity contribution in [2.75, 3.05) is 46.4 Å². The number of piperazine rings is 1. The summed E-state index contributed by atoms with van der Waals surface area (Å²) in [4.78, 5) is 14.5. The number of nitrogens with one attached hydrogen (secondary N) is 1. The molecule has 0 bridgehead atoms.